The standard InChI is InChI=1S/C10H15N3O/c1-7(11)5-13-6-12-9-4-2-3-8(9)10(13)14/h6-7H,2-5,11H2,1H3/t7-/m1/s1. The molecule has 0 saturated heterocycles. The van der Waals surface area contributed by atoms with Crippen LogP contribution in [0.1, 0.15) is 24.6 Å². The molecule has 1 heterocycles. The molecule has 0 radical (unpaired) electrons. The van der Waals surface area contributed by atoms with E-state index in [9.17, 15) is 4.79 Å². The average Bonchev–Trinajstić information content (AvgIpc) is 2.57. The highest BCUT2D eigenvalue weighted by atomic mass is 16.1. The van der Waals surface area contributed by atoms with Gasteiger partial charge in [-0.1, -0.05) is 0 Å². The van der Waals surface area contributed by atoms with Gasteiger partial charge in [0.15, 0.2) is 0 Å². The number of nitrogens with two attached hydrogens (primary N) is 1. The number of fused-ring (bicyclic) bond motifs is 1. The van der Waals surface area contributed by atoms with Gasteiger partial charge in [0.25, 0.3) is 5.56 Å². The van der Waals surface area contributed by atoms with Crippen molar-refractivity contribution >= 4 is 0 Å². The molecule has 1 aliphatic carbocycles. The van der Waals surface area contributed by atoms with E-state index in [1.807, 2.05) is 6.92 Å². The molecule has 76 valence electrons. The summed E-state index contributed by atoms with van der Waals surface area (Å²) in [6.45, 7) is 2.44. The van der Waals surface area contributed by atoms with E-state index in [1.165, 1.54) is 0 Å². The predicted octanol–water partition coefficient (Wildman–Crippen LogP) is 0.0792. The number of nitrogens with zero attached hydrogens (tertiary/aromatic N) is 2. The minimum absolute atomic E-state index is 0.00560. The summed E-state index contributed by atoms with van der Waals surface area (Å²) in [4.78, 5) is 16.1. The molecule has 4 heteroatoms. The maximum atomic E-state index is 11.9. The number of aryl methyl sites for hydroxylation is 1. The van der Waals surface area contributed by atoms with Crippen LogP contribution in [-0.4, -0.2) is 15.6 Å². The van der Waals surface area contributed by atoms with Crippen molar-refractivity contribution in [3.05, 3.63) is 27.9 Å². The van der Waals surface area contributed by atoms with Crippen LogP contribution in [0.2, 0.25) is 0 Å². The molecule has 1 aliphatic rings. The van der Waals surface area contributed by atoms with Crippen molar-refractivity contribution in [1.29, 1.82) is 0 Å². The van der Waals surface area contributed by atoms with Gasteiger partial charge in [0.2, 0.25) is 0 Å². The van der Waals surface area contributed by atoms with E-state index in [1.54, 1.807) is 10.9 Å². The molecule has 0 saturated carbocycles. The first kappa shape index (κ1) is 9.40. The zero-order chi connectivity index (χ0) is 10.1. The van der Waals surface area contributed by atoms with Crippen molar-refractivity contribution in [3.8, 4) is 0 Å². The lowest BCUT2D eigenvalue weighted by atomic mass is 10.2. The van der Waals surface area contributed by atoms with Gasteiger partial charge in [-0.25, -0.2) is 4.98 Å². The number of hydrogen-bond donors (Lipinski definition) is 1. The molecule has 2 rings (SSSR count). The first-order valence-corrected chi connectivity index (χ1v) is 5.01. The van der Waals surface area contributed by atoms with Gasteiger partial charge in [0.05, 0.1) is 12.0 Å². The third-order valence-electron chi connectivity index (χ3n) is 2.55. The van der Waals surface area contributed by atoms with Crippen molar-refractivity contribution < 1.29 is 0 Å². The van der Waals surface area contributed by atoms with Gasteiger partial charge < -0.3 is 5.73 Å². The Morgan fingerprint density at radius 3 is 3.14 bits per heavy atom. The van der Waals surface area contributed by atoms with Gasteiger partial charge in [-0.05, 0) is 26.2 Å². The Kier molecular flexibility index (Phi) is 2.37. The molecular formula is C10H15N3O. The molecule has 0 spiro atoms. The Hall–Kier alpha value is -1.16. The summed E-state index contributed by atoms with van der Waals surface area (Å²) in [5.41, 5.74) is 7.63. The minimum Gasteiger partial charge on any atom is -0.326 e. The monoisotopic (exact) mass is 193 g/mol. The maximum Gasteiger partial charge on any atom is 0.256 e. The third kappa shape index (κ3) is 1.57. The molecule has 0 bridgehead atoms. The van der Waals surface area contributed by atoms with Crippen LogP contribution in [0, 0.1) is 0 Å². The Morgan fingerprint density at radius 1 is 1.64 bits per heavy atom. The molecule has 14 heavy (non-hydrogen) atoms. The van der Waals surface area contributed by atoms with Crippen LogP contribution >= 0.6 is 0 Å². The van der Waals surface area contributed by atoms with Gasteiger partial charge in [-0.15, -0.1) is 0 Å². The summed E-state index contributed by atoms with van der Waals surface area (Å²) in [7, 11) is 0. The maximum absolute atomic E-state index is 11.9. The average molecular weight is 193 g/mol. The summed E-state index contributed by atoms with van der Waals surface area (Å²) in [6.07, 6.45) is 4.50. The predicted molar refractivity (Wildman–Crippen MR) is 54.2 cm³/mol. The molecule has 4 nitrogen and oxygen atoms in total. The summed E-state index contributed by atoms with van der Waals surface area (Å²) in [6, 6.07) is -0.00560. The fourth-order valence-corrected chi connectivity index (χ4v) is 1.91. The number of aromatic nitrogens is 2. The van der Waals surface area contributed by atoms with Crippen molar-refractivity contribution in [1.82, 2.24) is 9.55 Å². The molecule has 1 aromatic rings. The number of hydrogen-bond acceptors (Lipinski definition) is 3. The molecule has 0 amide bonds. The zero-order valence-electron chi connectivity index (χ0n) is 8.36. The van der Waals surface area contributed by atoms with E-state index in [4.69, 9.17) is 5.73 Å². The van der Waals surface area contributed by atoms with Gasteiger partial charge in [-0.2, -0.15) is 0 Å². The van der Waals surface area contributed by atoms with Crippen LogP contribution in [0.25, 0.3) is 0 Å². The van der Waals surface area contributed by atoms with Gasteiger partial charge in [-0.3, -0.25) is 9.36 Å². The zero-order valence-corrected chi connectivity index (χ0v) is 8.36. The minimum atomic E-state index is -0.00560. The Morgan fingerprint density at radius 2 is 2.43 bits per heavy atom. The van der Waals surface area contributed by atoms with Crippen molar-refractivity contribution in [2.75, 3.05) is 0 Å². The highest BCUT2D eigenvalue weighted by Gasteiger charge is 2.17. The quantitative estimate of drug-likeness (QED) is 0.723. The Labute approximate surface area is 82.8 Å². The highest BCUT2D eigenvalue weighted by molar-refractivity contribution is 5.21. The molecule has 0 fully saturated rings. The van der Waals surface area contributed by atoms with Crippen LogP contribution in [0.5, 0.6) is 0 Å². The van der Waals surface area contributed by atoms with E-state index >= 15 is 0 Å². The van der Waals surface area contributed by atoms with Crippen molar-refractivity contribution in [2.24, 2.45) is 5.73 Å². The van der Waals surface area contributed by atoms with E-state index in [0.717, 1.165) is 30.5 Å². The van der Waals surface area contributed by atoms with E-state index in [-0.39, 0.29) is 11.6 Å². The van der Waals surface area contributed by atoms with Crippen LogP contribution in [-0.2, 0) is 19.4 Å². The SMILES string of the molecule is C[C@@H](N)Cn1cnc2c(c1=O)CCC2. The van der Waals surface area contributed by atoms with Gasteiger partial charge in [0.1, 0.15) is 0 Å². The van der Waals surface area contributed by atoms with E-state index in [2.05, 4.69) is 4.98 Å². The molecule has 1 aromatic heterocycles. The van der Waals surface area contributed by atoms with E-state index in [0.29, 0.717) is 6.54 Å². The first-order valence-electron chi connectivity index (χ1n) is 5.01. The van der Waals surface area contributed by atoms with Crippen LogP contribution < -0.4 is 11.3 Å². The molecular weight excluding hydrogens is 178 g/mol. The first-order chi connectivity index (χ1) is 6.68. The highest BCUT2D eigenvalue weighted by Crippen LogP contribution is 2.14. The van der Waals surface area contributed by atoms with Crippen LogP contribution in [0.15, 0.2) is 11.1 Å². The molecule has 0 unspecified atom stereocenters. The van der Waals surface area contributed by atoms with Crippen molar-refractivity contribution in [3.63, 3.8) is 0 Å². The Balaban J connectivity index is 2.40. The van der Waals surface area contributed by atoms with Gasteiger partial charge >= 0.3 is 0 Å². The topological polar surface area (TPSA) is 60.9 Å². The van der Waals surface area contributed by atoms with Crippen LogP contribution in [0.3, 0.4) is 0 Å². The van der Waals surface area contributed by atoms with Gasteiger partial charge in [0, 0.05) is 18.2 Å². The summed E-state index contributed by atoms with van der Waals surface area (Å²) >= 11 is 0. The largest absolute Gasteiger partial charge is 0.326 e. The third-order valence-corrected chi connectivity index (χ3v) is 2.55. The lowest BCUT2D eigenvalue weighted by molar-refractivity contribution is 0.561. The molecule has 0 aromatic carbocycles. The summed E-state index contributed by atoms with van der Waals surface area (Å²) in [5, 5.41) is 0. The second-order valence-electron chi connectivity index (χ2n) is 3.96. The van der Waals surface area contributed by atoms with Crippen LogP contribution in [0.4, 0.5) is 0 Å². The van der Waals surface area contributed by atoms with Crippen molar-refractivity contribution in [2.45, 2.75) is 38.8 Å². The molecule has 2 N–H and O–H groups in total. The fraction of sp³-hybridized carbons (Fsp3) is 0.600. The smallest absolute Gasteiger partial charge is 0.256 e. The second kappa shape index (κ2) is 3.53. The lowest BCUT2D eigenvalue weighted by Crippen LogP contribution is -2.31. The normalized spacial score (nSPS) is 16.7. The van der Waals surface area contributed by atoms with E-state index < -0.39 is 0 Å². The summed E-state index contributed by atoms with van der Waals surface area (Å²) in [5.74, 6) is 0. The molecule has 0 aliphatic heterocycles. The summed E-state index contributed by atoms with van der Waals surface area (Å²) < 4.78 is 1.62. The Bertz CT molecular complexity index is 395. The number of rotatable bonds is 2. The lowest BCUT2D eigenvalue weighted by Gasteiger charge is -2.09. The molecule has 1 atom stereocenters. The fourth-order valence-electron chi connectivity index (χ4n) is 1.91. The second-order valence-corrected chi connectivity index (χ2v) is 3.96.